The molecule has 1 aliphatic heterocycles. The first-order chi connectivity index (χ1) is 4.34. The van der Waals surface area contributed by atoms with Gasteiger partial charge in [0.05, 0.1) is 12.8 Å². The van der Waals surface area contributed by atoms with Crippen LogP contribution in [0.3, 0.4) is 0 Å². The molecule has 4 heteroatoms. The van der Waals surface area contributed by atoms with Crippen LogP contribution in [0.1, 0.15) is 0 Å². The predicted octanol–water partition coefficient (Wildman–Crippen LogP) is -0.339. The van der Waals surface area contributed by atoms with E-state index in [1.165, 1.54) is 10.2 Å². The first-order valence-corrected chi connectivity index (χ1v) is 2.55. The molecular weight excluding hydrogens is 120 g/mol. The van der Waals surface area contributed by atoms with Gasteiger partial charge in [-0.15, -0.1) is 0 Å². The molecule has 1 rings (SSSR count). The monoisotopic (exact) mass is 127 g/mol. The maximum atomic E-state index is 9.94. The zero-order valence-electron chi connectivity index (χ0n) is 5.07. The van der Waals surface area contributed by atoms with Gasteiger partial charge in [0.1, 0.15) is 0 Å². The lowest BCUT2D eigenvalue weighted by atomic mass is 10.7. The summed E-state index contributed by atoms with van der Waals surface area (Å²) in [5.41, 5.74) is 0. The minimum Gasteiger partial charge on any atom is -0.261 e. The van der Waals surface area contributed by atoms with E-state index in [0.29, 0.717) is 6.61 Å². The Hall–Kier alpha value is -1.03. The minimum absolute atomic E-state index is 0.520. The Labute approximate surface area is 53.2 Å². The van der Waals surface area contributed by atoms with E-state index in [4.69, 9.17) is 4.84 Å². The molecular formula is C5H7N2O2. The second kappa shape index (κ2) is 2.50. The molecule has 0 fully saturated rings. The highest BCUT2D eigenvalue weighted by molar-refractivity contribution is 5.46. The van der Waals surface area contributed by atoms with Crippen LogP contribution in [0.4, 0.5) is 0 Å². The fraction of sp³-hybridized carbons (Fsp3) is 0.400. The molecule has 4 nitrogen and oxygen atoms in total. The molecule has 0 spiro atoms. The van der Waals surface area contributed by atoms with Crippen LogP contribution in [-0.4, -0.2) is 30.2 Å². The molecule has 0 N–H and O–H groups in total. The van der Waals surface area contributed by atoms with Gasteiger partial charge in [-0.25, -0.2) is 9.85 Å². The van der Waals surface area contributed by atoms with E-state index in [1.807, 2.05) is 0 Å². The van der Waals surface area contributed by atoms with Gasteiger partial charge in [0, 0.05) is 7.05 Å². The average molecular weight is 127 g/mol. The molecule has 1 heterocycles. The van der Waals surface area contributed by atoms with Crippen molar-refractivity contribution >= 4 is 6.41 Å². The second-order valence-electron chi connectivity index (χ2n) is 1.60. The Kier molecular flexibility index (Phi) is 1.69. The lowest BCUT2D eigenvalue weighted by molar-refractivity contribution is -0.189. The van der Waals surface area contributed by atoms with Crippen LogP contribution >= 0.6 is 0 Å². The number of hydrazine groups is 1. The number of carbonyl (C=O) groups excluding carboxylic acids is 1. The van der Waals surface area contributed by atoms with Crippen molar-refractivity contribution in [1.82, 2.24) is 10.2 Å². The highest BCUT2D eigenvalue weighted by atomic mass is 16.7. The summed E-state index contributed by atoms with van der Waals surface area (Å²) in [5.74, 6) is 0. The number of rotatable bonds is 2. The smallest absolute Gasteiger partial charge is 0.261 e. The van der Waals surface area contributed by atoms with Gasteiger partial charge in [-0.1, -0.05) is 0 Å². The number of hydrogen-bond acceptors (Lipinski definition) is 3. The molecule has 0 unspecified atom stereocenters. The van der Waals surface area contributed by atoms with Crippen molar-refractivity contribution in [2.24, 2.45) is 0 Å². The Morgan fingerprint density at radius 3 is 3.11 bits per heavy atom. The van der Waals surface area contributed by atoms with E-state index < -0.39 is 0 Å². The van der Waals surface area contributed by atoms with Crippen LogP contribution in [0.2, 0.25) is 0 Å². The van der Waals surface area contributed by atoms with E-state index in [0.717, 1.165) is 0 Å². The molecule has 0 saturated heterocycles. The summed E-state index contributed by atoms with van der Waals surface area (Å²) in [6, 6.07) is 0. The molecule has 1 aliphatic rings. The number of hydroxylamine groups is 1. The van der Waals surface area contributed by atoms with Crippen molar-refractivity contribution < 1.29 is 9.63 Å². The van der Waals surface area contributed by atoms with Crippen molar-refractivity contribution in [3.05, 3.63) is 12.3 Å². The van der Waals surface area contributed by atoms with Crippen molar-refractivity contribution in [3.8, 4) is 0 Å². The number of hydrogen-bond donors (Lipinski definition) is 0. The van der Waals surface area contributed by atoms with E-state index in [1.54, 1.807) is 25.7 Å². The number of amides is 1. The lowest BCUT2D eigenvalue weighted by Gasteiger charge is -2.19. The third kappa shape index (κ3) is 1.20. The first kappa shape index (κ1) is 6.10. The predicted molar refractivity (Wildman–Crippen MR) is 30.4 cm³/mol. The second-order valence-corrected chi connectivity index (χ2v) is 1.60. The van der Waals surface area contributed by atoms with Gasteiger partial charge >= 0.3 is 6.41 Å². The first-order valence-electron chi connectivity index (χ1n) is 2.55. The number of nitrogens with zero attached hydrogens (tertiary/aromatic N) is 2. The largest absolute Gasteiger partial charge is 0.334 e. The maximum Gasteiger partial charge on any atom is 0.334 e. The summed E-state index contributed by atoms with van der Waals surface area (Å²) in [6.07, 6.45) is 5.10. The highest BCUT2D eigenvalue weighted by Gasteiger charge is 2.08. The summed E-state index contributed by atoms with van der Waals surface area (Å²) in [7, 11) is 1.56. The van der Waals surface area contributed by atoms with Gasteiger partial charge in [0.25, 0.3) is 0 Å². The lowest BCUT2D eigenvalue weighted by Crippen LogP contribution is -2.32. The third-order valence-corrected chi connectivity index (χ3v) is 0.964. The van der Waals surface area contributed by atoms with E-state index in [9.17, 15) is 4.79 Å². The quantitative estimate of drug-likeness (QED) is 0.476. The zero-order chi connectivity index (χ0) is 6.69. The molecule has 1 amide bonds. The topological polar surface area (TPSA) is 32.8 Å². The summed E-state index contributed by atoms with van der Waals surface area (Å²) in [6.45, 7) is 0.520. The molecule has 0 aromatic carbocycles. The minimum atomic E-state index is 0.520. The molecule has 0 aromatic heterocycles. The van der Waals surface area contributed by atoms with Gasteiger partial charge in [-0.05, 0) is 6.08 Å². The van der Waals surface area contributed by atoms with Gasteiger partial charge in [0.15, 0.2) is 0 Å². The molecule has 0 atom stereocenters. The summed E-state index contributed by atoms with van der Waals surface area (Å²) < 4.78 is 0. The Balaban J connectivity index is 2.42. The van der Waals surface area contributed by atoms with E-state index >= 15 is 0 Å². The molecule has 49 valence electrons. The van der Waals surface area contributed by atoms with E-state index in [2.05, 4.69) is 0 Å². The molecule has 0 saturated carbocycles. The van der Waals surface area contributed by atoms with Gasteiger partial charge in [-0.2, -0.15) is 5.17 Å². The molecule has 0 aliphatic carbocycles. The van der Waals surface area contributed by atoms with Crippen molar-refractivity contribution in [1.29, 1.82) is 0 Å². The van der Waals surface area contributed by atoms with E-state index in [-0.39, 0.29) is 0 Å². The van der Waals surface area contributed by atoms with Crippen LogP contribution in [0.5, 0.6) is 0 Å². The SMILES string of the molecule is CN([C]=O)N1C=CCO1. The summed E-state index contributed by atoms with van der Waals surface area (Å²) in [4.78, 5) is 14.8. The average Bonchev–Trinajstić information content (AvgIpc) is 2.37. The van der Waals surface area contributed by atoms with Crippen LogP contribution in [0.25, 0.3) is 0 Å². The van der Waals surface area contributed by atoms with Gasteiger partial charge < -0.3 is 0 Å². The Morgan fingerprint density at radius 1 is 1.89 bits per heavy atom. The third-order valence-electron chi connectivity index (χ3n) is 0.964. The van der Waals surface area contributed by atoms with Crippen molar-refractivity contribution in [2.75, 3.05) is 13.7 Å². The zero-order valence-corrected chi connectivity index (χ0v) is 5.07. The standard InChI is InChI=1S/C5H7N2O2/c1-6(5-8)7-3-2-4-9-7/h2-3H,4H2,1H3. The van der Waals surface area contributed by atoms with Crippen LogP contribution in [0, 0.1) is 0 Å². The fourth-order valence-corrected chi connectivity index (χ4v) is 0.522. The molecule has 9 heavy (non-hydrogen) atoms. The molecule has 0 aromatic rings. The van der Waals surface area contributed by atoms with Crippen molar-refractivity contribution in [3.63, 3.8) is 0 Å². The maximum absolute atomic E-state index is 9.94. The molecule has 1 radical (unpaired) electrons. The van der Waals surface area contributed by atoms with Crippen molar-refractivity contribution in [2.45, 2.75) is 0 Å². The summed E-state index contributed by atoms with van der Waals surface area (Å²) in [5, 5.41) is 2.50. The van der Waals surface area contributed by atoms with Gasteiger partial charge in [-0.3, -0.25) is 4.79 Å². The highest BCUT2D eigenvalue weighted by Crippen LogP contribution is 2.01. The Bertz CT molecular complexity index is 135. The van der Waals surface area contributed by atoms with Gasteiger partial charge in [0.2, 0.25) is 0 Å². The Morgan fingerprint density at radius 2 is 2.67 bits per heavy atom. The molecule has 0 bridgehead atoms. The van der Waals surface area contributed by atoms with Crippen LogP contribution < -0.4 is 0 Å². The normalized spacial score (nSPS) is 16.3. The fourth-order valence-electron chi connectivity index (χ4n) is 0.522. The summed E-state index contributed by atoms with van der Waals surface area (Å²) >= 11 is 0. The van der Waals surface area contributed by atoms with Crippen LogP contribution in [-0.2, 0) is 9.63 Å². The van der Waals surface area contributed by atoms with Crippen LogP contribution in [0.15, 0.2) is 12.3 Å².